The minimum Gasteiger partial charge on any atom is -0.711 e. The Morgan fingerprint density at radius 1 is 1.32 bits per heavy atom. The van der Waals surface area contributed by atoms with Crippen LogP contribution in [-0.4, -0.2) is 64.4 Å². The van der Waals surface area contributed by atoms with E-state index in [9.17, 15) is 14.8 Å². The topological polar surface area (TPSA) is 92.5 Å². The number of aromatic nitrogens is 2. The van der Waals surface area contributed by atoms with E-state index in [1.54, 1.807) is 0 Å². The Hall–Kier alpha value is -2.22. The molecule has 3 rings (SSSR count). The molecule has 1 aliphatic carbocycles. The maximum Gasteiger partial charge on any atom is 0.307 e. The number of amides is 2. The molecule has 0 aromatic carbocycles. The molecular formula is C26H43N5O3. The predicted octanol–water partition coefficient (Wildman–Crippen LogP) is 3.02. The van der Waals surface area contributed by atoms with Crippen molar-refractivity contribution in [3.63, 3.8) is 0 Å². The Bertz CT molecular complexity index is 882. The highest BCUT2D eigenvalue weighted by Gasteiger charge is 2.43. The Morgan fingerprint density at radius 2 is 2.03 bits per heavy atom. The maximum absolute atomic E-state index is 13.4. The van der Waals surface area contributed by atoms with Crippen LogP contribution in [0.3, 0.4) is 0 Å². The number of carbonyl (C=O) groups excluding carboxylic acids is 2. The monoisotopic (exact) mass is 473 g/mol. The van der Waals surface area contributed by atoms with Gasteiger partial charge in [0.15, 0.2) is 0 Å². The zero-order valence-corrected chi connectivity index (χ0v) is 22.0. The summed E-state index contributed by atoms with van der Waals surface area (Å²) in [4.78, 5) is 35.1. The van der Waals surface area contributed by atoms with Crippen LogP contribution in [0.15, 0.2) is 12.3 Å². The highest BCUT2D eigenvalue weighted by Crippen LogP contribution is 2.36. The van der Waals surface area contributed by atoms with Gasteiger partial charge < -0.3 is 20.3 Å². The average molecular weight is 474 g/mol. The molecule has 2 aliphatic rings. The third kappa shape index (κ3) is 5.70. The maximum atomic E-state index is 13.4. The van der Waals surface area contributed by atoms with Crippen molar-refractivity contribution in [3.8, 4) is 0 Å². The van der Waals surface area contributed by atoms with Crippen LogP contribution in [-0.2, 0) is 10.2 Å². The molecule has 8 heteroatoms. The molecule has 0 radical (unpaired) electrons. The Balaban J connectivity index is 1.68. The van der Waals surface area contributed by atoms with Crippen LogP contribution < -0.4 is 10.0 Å². The van der Waals surface area contributed by atoms with Gasteiger partial charge >= 0.3 is 5.82 Å². The van der Waals surface area contributed by atoms with E-state index in [1.807, 2.05) is 25.7 Å². The summed E-state index contributed by atoms with van der Waals surface area (Å²) in [6, 6.07) is 2.20. The first kappa shape index (κ1) is 26.4. The van der Waals surface area contributed by atoms with Crippen molar-refractivity contribution in [2.45, 2.75) is 110 Å². The summed E-state index contributed by atoms with van der Waals surface area (Å²) in [6.07, 6.45) is 7.37. The smallest absolute Gasteiger partial charge is 0.307 e. The van der Waals surface area contributed by atoms with E-state index in [0.29, 0.717) is 35.7 Å². The fourth-order valence-corrected chi connectivity index (χ4v) is 5.54. The lowest BCUT2D eigenvalue weighted by molar-refractivity contribution is -0.621. The van der Waals surface area contributed by atoms with Crippen LogP contribution in [0.5, 0.6) is 0 Å². The van der Waals surface area contributed by atoms with Gasteiger partial charge in [-0.2, -0.15) is 0 Å². The number of nitrogens with one attached hydrogen (secondary N) is 1. The molecule has 190 valence electrons. The molecule has 1 aliphatic heterocycles. The van der Waals surface area contributed by atoms with Gasteiger partial charge in [-0.3, -0.25) is 9.59 Å². The molecule has 0 unspecified atom stereocenters. The first-order valence-corrected chi connectivity index (χ1v) is 12.9. The van der Waals surface area contributed by atoms with Crippen molar-refractivity contribution in [1.82, 2.24) is 20.1 Å². The molecule has 0 spiro atoms. The minimum absolute atomic E-state index is 0.0148. The molecule has 2 heterocycles. The van der Waals surface area contributed by atoms with E-state index in [-0.39, 0.29) is 23.5 Å². The van der Waals surface area contributed by atoms with Crippen molar-refractivity contribution in [2.24, 2.45) is 5.92 Å². The standard InChI is InChI=1S/C26H43N5O3/c1-8-9-18-16-19(29(7)17(2)3)10-11-22(18)30-14-12-21(24(30)33)27-23(32)20-13-15-31(34)25(28-20)26(4,5)6/h13,15,17-19,21-22H,8-12,14,16H2,1-7H3,(H,27,32)/t18-,19+,21-,22-/m0/s1. The second-order valence-electron chi connectivity index (χ2n) is 11.4. The summed E-state index contributed by atoms with van der Waals surface area (Å²) in [5, 5.41) is 15.0. The Kier molecular flexibility index (Phi) is 8.22. The lowest BCUT2D eigenvalue weighted by Gasteiger charge is -2.44. The molecule has 1 aromatic heterocycles. The summed E-state index contributed by atoms with van der Waals surface area (Å²) in [5.74, 6) is 0.380. The molecule has 1 aromatic rings. The van der Waals surface area contributed by atoms with Gasteiger partial charge in [0.25, 0.3) is 5.91 Å². The first-order valence-electron chi connectivity index (χ1n) is 12.9. The lowest BCUT2D eigenvalue weighted by atomic mass is 9.77. The van der Waals surface area contributed by atoms with Gasteiger partial charge in [0, 0.05) is 30.7 Å². The van der Waals surface area contributed by atoms with Gasteiger partial charge in [-0.15, -0.1) is 0 Å². The van der Waals surface area contributed by atoms with E-state index >= 15 is 0 Å². The van der Waals surface area contributed by atoms with E-state index < -0.39 is 17.4 Å². The molecule has 2 amide bonds. The van der Waals surface area contributed by atoms with Crippen LogP contribution >= 0.6 is 0 Å². The molecule has 2 fully saturated rings. The quantitative estimate of drug-likeness (QED) is 0.485. The van der Waals surface area contributed by atoms with Gasteiger partial charge in [-0.25, -0.2) is 4.73 Å². The van der Waals surface area contributed by atoms with Gasteiger partial charge in [0.05, 0.1) is 11.6 Å². The van der Waals surface area contributed by atoms with Gasteiger partial charge in [0.2, 0.25) is 11.6 Å². The highest BCUT2D eigenvalue weighted by atomic mass is 16.5. The van der Waals surface area contributed by atoms with E-state index in [0.717, 1.165) is 32.1 Å². The zero-order chi connectivity index (χ0) is 25.2. The zero-order valence-electron chi connectivity index (χ0n) is 22.0. The van der Waals surface area contributed by atoms with Crippen LogP contribution in [0.25, 0.3) is 0 Å². The molecule has 1 N–H and O–H groups in total. The van der Waals surface area contributed by atoms with Crippen LogP contribution in [0.2, 0.25) is 0 Å². The normalized spacial score (nSPS) is 25.9. The third-order valence-electron chi connectivity index (χ3n) is 7.62. The predicted molar refractivity (Wildman–Crippen MR) is 132 cm³/mol. The van der Waals surface area contributed by atoms with Crippen molar-refractivity contribution >= 4 is 11.8 Å². The van der Waals surface area contributed by atoms with Gasteiger partial charge in [0.1, 0.15) is 6.04 Å². The fourth-order valence-electron chi connectivity index (χ4n) is 5.54. The fraction of sp³-hybridized carbons (Fsp3) is 0.769. The SMILES string of the molecule is CCC[C@H]1C[C@H](N(C)C(C)C)CC[C@@H]1N1CC[C@H](NC(=O)c2cc[n+]([O-])c(C(C)(C)C)n2)C1=O. The summed E-state index contributed by atoms with van der Waals surface area (Å²) >= 11 is 0. The molecule has 34 heavy (non-hydrogen) atoms. The number of nitrogens with zero attached hydrogens (tertiary/aromatic N) is 4. The van der Waals surface area contributed by atoms with Crippen molar-refractivity contribution in [1.29, 1.82) is 0 Å². The van der Waals surface area contributed by atoms with Crippen molar-refractivity contribution in [2.75, 3.05) is 13.6 Å². The van der Waals surface area contributed by atoms with Crippen molar-refractivity contribution < 1.29 is 14.3 Å². The van der Waals surface area contributed by atoms with E-state index in [4.69, 9.17) is 0 Å². The molecule has 1 saturated carbocycles. The number of carbonyl (C=O) groups is 2. The first-order chi connectivity index (χ1) is 15.9. The summed E-state index contributed by atoms with van der Waals surface area (Å²) in [7, 11) is 2.21. The molecule has 8 nitrogen and oxygen atoms in total. The largest absolute Gasteiger partial charge is 0.711 e. The lowest BCUT2D eigenvalue weighted by Crippen LogP contribution is -2.51. The van der Waals surface area contributed by atoms with Gasteiger partial charge in [-0.05, 0) is 84.7 Å². The van der Waals surface area contributed by atoms with Gasteiger partial charge in [-0.1, -0.05) is 13.3 Å². The number of likely N-dealkylation sites (tertiary alicyclic amines) is 1. The Morgan fingerprint density at radius 3 is 2.65 bits per heavy atom. The van der Waals surface area contributed by atoms with E-state index in [1.165, 1.54) is 12.3 Å². The second-order valence-corrected chi connectivity index (χ2v) is 11.4. The van der Waals surface area contributed by atoms with Crippen LogP contribution in [0.1, 0.15) is 96.4 Å². The molecular weight excluding hydrogens is 430 g/mol. The summed E-state index contributed by atoms with van der Waals surface area (Å²) in [5.41, 5.74) is -0.321. The number of hydrogen-bond acceptors (Lipinski definition) is 5. The summed E-state index contributed by atoms with van der Waals surface area (Å²) < 4.78 is 0.695. The van der Waals surface area contributed by atoms with Crippen molar-refractivity contribution in [3.05, 3.63) is 29.0 Å². The van der Waals surface area contributed by atoms with E-state index in [2.05, 4.69) is 43.0 Å². The second kappa shape index (κ2) is 10.6. The third-order valence-corrected chi connectivity index (χ3v) is 7.62. The molecule has 4 atom stereocenters. The minimum atomic E-state index is -0.537. The highest BCUT2D eigenvalue weighted by molar-refractivity contribution is 5.96. The van der Waals surface area contributed by atoms with Crippen LogP contribution in [0.4, 0.5) is 0 Å². The average Bonchev–Trinajstić information content (AvgIpc) is 3.12. The van der Waals surface area contributed by atoms with Crippen LogP contribution in [0, 0.1) is 11.1 Å². The molecule has 0 bridgehead atoms. The Labute approximate surface area is 204 Å². The molecule has 1 saturated heterocycles. The number of rotatable bonds is 7. The number of hydrogen-bond donors (Lipinski definition) is 1. The summed E-state index contributed by atoms with van der Waals surface area (Å²) in [6.45, 7) is 13.0.